The van der Waals surface area contributed by atoms with Crippen molar-refractivity contribution in [2.24, 2.45) is 0 Å². The van der Waals surface area contributed by atoms with Gasteiger partial charge in [0, 0.05) is 6.61 Å². The van der Waals surface area contributed by atoms with Gasteiger partial charge in [0.25, 0.3) is 0 Å². The van der Waals surface area contributed by atoms with Crippen LogP contribution in [0.15, 0.2) is 47.4 Å². The molecule has 19 heavy (non-hydrogen) atoms. The first-order valence-electron chi connectivity index (χ1n) is 6.48. The van der Waals surface area contributed by atoms with Crippen molar-refractivity contribution in [2.45, 2.75) is 23.8 Å². The molecule has 0 spiro atoms. The third-order valence-electron chi connectivity index (χ3n) is 3.51. The first kappa shape index (κ1) is 12.6. The van der Waals surface area contributed by atoms with Crippen LogP contribution in [0.1, 0.15) is 12.8 Å². The van der Waals surface area contributed by atoms with Gasteiger partial charge in [-0.3, -0.25) is 0 Å². The summed E-state index contributed by atoms with van der Waals surface area (Å²) in [4.78, 5) is 0.390. The Morgan fingerprint density at radius 2 is 1.89 bits per heavy atom. The second-order valence-corrected chi connectivity index (χ2v) is 6.96. The van der Waals surface area contributed by atoms with Gasteiger partial charge in [0.2, 0.25) is 0 Å². The van der Waals surface area contributed by atoms with Crippen molar-refractivity contribution in [2.75, 3.05) is 12.4 Å². The fourth-order valence-corrected chi connectivity index (χ4v) is 4.00. The van der Waals surface area contributed by atoms with E-state index in [0.717, 1.165) is 23.6 Å². The summed E-state index contributed by atoms with van der Waals surface area (Å²) >= 11 is 0. The van der Waals surface area contributed by atoms with Gasteiger partial charge in [-0.2, -0.15) is 0 Å². The highest BCUT2D eigenvalue weighted by atomic mass is 32.2. The molecule has 0 N–H and O–H groups in total. The summed E-state index contributed by atoms with van der Waals surface area (Å²) in [6, 6.07) is 13.1. The van der Waals surface area contributed by atoms with Crippen LogP contribution in [0, 0.1) is 0 Å². The number of hydrogen-bond donors (Lipinski definition) is 0. The van der Waals surface area contributed by atoms with Crippen molar-refractivity contribution in [1.82, 2.24) is 0 Å². The molecule has 3 rings (SSSR count). The molecule has 0 saturated carbocycles. The van der Waals surface area contributed by atoms with Crippen LogP contribution in [0.2, 0.25) is 0 Å². The molecular weight excluding hydrogens is 260 g/mol. The minimum absolute atomic E-state index is 0.0886. The molecule has 1 atom stereocenters. The summed E-state index contributed by atoms with van der Waals surface area (Å²) in [5.74, 6) is 0.0886. The summed E-state index contributed by atoms with van der Waals surface area (Å²) < 4.78 is 30.1. The molecule has 2 aromatic rings. The second-order valence-electron chi connectivity index (χ2n) is 4.93. The SMILES string of the molecule is O=S(=O)(C[C@@H]1CCCO1)c1ccc2ccccc2c1. The summed E-state index contributed by atoms with van der Waals surface area (Å²) in [5, 5.41) is 2.01. The Balaban J connectivity index is 1.93. The van der Waals surface area contributed by atoms with E-state index < -0.39 is 9.84 Å². The van der Waals surface area contributed by atoms with E-state index in [0.29, 0.717) is 11.5 Å². The van der Waals surface area contributed by atoms with Crippen molar-refractivity contribution in [3.8, 4) is 0 Å². The fraction of sp³-hybridized carbons (Fsp3) is 0.333. The van der Waals surface area contributed by atoms with Crippen LogP contribution >= 0.6 is 0 Å². The van der Waals surface area contributed by atoms with Crippen molar-refractivity contribution in [3.63, 3.8) is 0 Å². The summed E-state index contributed by atoms with van der Waals surface area (Å²) in [7, 11) is -3.26. The Kier molecular flexibility index (Phi) is 3.29. The molecule has 0 unspecified atom stereocenters. The quantitative estimate of drug-likeness (QED) is 0.865. The van der Waals surface area contributed by atoms with E-state index >= 15 is 0 Å². The highest BCUT2D eigenvalue weighted by Gasteiger charge is 2.24. The van der Waals surface area contributed by atoms with Gasteiger partial charge in [-0.1, -0.05) is 30.3 Å². The molecule has 0 aromatic heterocycles. The molecule has 0 aliphatic carbocycles. The van der Waals surface area contributed by atoms with Gasteiger partial charge in [0.05, 0.1) is 16.8 Å². The van der Waals surface area contributed by atoms with Crippen LogP contribution in [-0.2, 0) is 14.6 Å². The Bertz CT molecular complexity index is 685. The number of hydrogen-bond acceptors (Lipinski definition) is 3. The second kappa shape index (κ2) is 4.94. The Morgan fingerprint density at radius 1 is 1.11 bits per heavy atom. The lowest BCUT2D eigenvalue weighted by Crippen LogP contribution is -2.20. The summed E-state index contributed by atoms with van der Waals surface area (Å²) in [6.45, 7) is 0.678. The largest absolute Gasteiger partial charge is 0.377 e. The molecule has 1 saturated heterocycles. The maximum atomic E-state index is 12.4. The summed E-state index contributed by atoms with van der Waals surface area (Å²) in [6.07, 6.45) is 1.65. The van der Waals surface area contributed by atoms with E-state index in [9.17, 15) is 8.42 Å². The normalized spacial score (nSPS) is 19.9. The zero-order valence-corrected chi connectivity index (χ0v) is 11.4. The van der Waals surface area contributed by atoms with E-state index in [-0.39, 0.29) is 11.9 Å². The van der Waals surface area contributed by atoms with Gasteiger partial charge in [0.15, 0.2) is 9.84 Å². The summed E-state index contributed by atoms with van der Waals surface area (Å²) in [5.41, 5.74) is 0. The number of benzene rings is 2. The molecular formula is C15H16O3S. The standard InChI is InChI=1S/C15H16O3S/c16-19(17,11-14-6-3-9-18-14)15-8-7-12-4-1-2-5-13(12)10-15/h1-2,4-5,7-8,10,14H,3,6,9,11H2/t14-/m0/s1. The lowest BCUT2D eigenvalue weighted by molar-refractivity contribution is 0.127. The first-order chi connectivity index (χ1) is 9.15. The monoisotopic (exact) mass is 276 g/mol. The van der Waals surface area contributed by atoms with E-state index in [1.807, 2.05) is 30.3 Å². The molecule has 2 aromatic carbocycles. The fourth-order valence-electron chi connectivity index (χ4n) is 2.48. The Labute approximate surface area is 113 Å². The van der Waals surface area contributed by atoms with Crippen LogP contribution < -0.4 is 0 Å². The van der Waals surface area contributed by atoms with E-state index in [2.05, 4.69) is 0 Å². The van der Waals surface area contributed by atoms with Gasteiger partial charge in [-0.05, 0) is 35.7 Å². The zero-order valence-electron chi connectivity index (χ0n) is 10.6. The predicted molar refractivity (Wildman–Crippen MR) is 75.0 cm³/mol. The third-order valence-corrected chi connectivity index (χ3v) is 5.29. The highest BCUT2D eigenvalue weighted by molar-refractivity contribution is 7.91. The predicted octanol–water partition coefficient (Wildman–Crippen LogP) is 2.79. The molecule has 100 valence electrons. The van der Waals surface area contributed by atoms with Crippen LogP contribution in [0.4, 0.5) is 0 Å². The van der Waals surface area contributed by atoms with E-state index in [1.165, 1.54) is 0 Å². The minimum Gasteiger partial charge on any atom is -0.377 e. The topological polar surface area (TPSA) is 43.4 Å². The molecule has 1 fully saturated rings. The number of fused-ring (bicyclic) bond motifs is 1. The maximum Gasteiger partial charge on any atom is 0.180 e. The minimum atomic E-state index is -3.26. The van der Waals surface area contributed by atoms with Crippen molar-refractivity contribution < 1.29 is 13.2 Å². The Morgan fingerprint density at radius 3 is 2.63 bits per heavy atom. The third kappa shape index (κ3) is 2.65. The van der Waals surface area contributed by atoms with Crippen LogP contribution in [-0.4, -0.2) is 26.9 Å². The van der Waals surface area contributed by atoms with Gasteiger partial charge in [-0.15, -0.1) is 0 Å². The highest BCUT2D eigenvalue weighted by Crippen LogP contribution is 2.22. The van der Waals surface area contributed by atoms with Crippen LogP contribution in [0.5, 0.6) is 0 Å². The molecule has 1 aliphatic heterocycles. The van der Waals surface area contributed by atoms with Crippen LogP contribution in [0.25, 0.3) is 10.8 Å². The Hall–Kier alpha value is -1.39. The van der Waals surface area contributed by atoms with Crippen molar-refractivity contribution in [1.29, 1.82) is 0 Å². The van der Waals surface area contributed by atoms with E-state index in [1.54, 1.807) is 12.1 Å². The number of sulfone groups is 1. The van der Waals surface area contributed by atoms with Crippen molar-refractivity contribution in [3.05, 3.63) is 42.5 Å². The molecule has 4 heteroatoms. The van der Waals surface area contributed by atoms with E-state index in [4.69, 9.17) is 4.74 Å². The average Bonchev–Trinajstić information content (AvgIpc) is 2.90. The first-order valence-corrected chi connectivity index (χ1v) is 8.13. The molecule has 0 bridgehead atoms. The lowest BCUT2D eigenvalue weighted by Gasteiger charge is -2.10. The number of ether oxygens (including phenoxy) is 1. The average molecular weight is 276 g/mol. The molecule has 0 radical (unpaired) electrons. The molecule has 0 amide bonds. The molecule has 1 heterocycles. The van der Waals surface area contributed by atoms with Crippen LogP contribution in [0.3, 0.4) is 0 Å². The van der Waals surface area contributed by atoms with Gasteiger partial charge in [0.1, 0.15) is 0 Å². The lowest BCUT2D eigenvalue weighted by atomic mass is 10.1. The molecule has 3 nitrogen and oxygen atoms in total. The van der Waals surface area contributed by atoms with Gasteiger partial charge in [-0.25, -0.2) is 8.42 Å². The van der Waals surface area contributed by atoms with Gasteiger partial charge < -0.3 is 4.74 Å². The maximum absolute atomic E-state index is 12.4. The number of rotatable bonds is 3. The van der Waals surface area contributed by atoms with Gasteiger partial charge >= 0.3 is 0 Å². The van der Waals surface area contributed by atoms with Crippen molar-refractivity contribution >= 4 is 20.6 Å². The zero-order chi connectivity index (χ0) is 13.3. The molecule has 1 aliphatic rings. The smallest absolute Gasteiger partial charge is 0.180 e.